The summed E-state index contributed by atoms with van der Waals surface area (Å²) in [5.74, 6) is 3.79. The van der Waals surface area contributed by atoms with Crippen LogP contribution in [-0.2, 0) is 0 Å². The largest absolute Gasteiger partial charge is 0.0625 e. The maximum Gasteiger partial charge on any atom is -0.0241 e. The Bertz CT molecular complexity index is 251. The first kappa shape index (κ1) is 15.4. The normalized spacial score (nSPS) is 26.8. The van der Waals surface area contributed by atoms with E-state index in [1.807, 2.05) is 0 Å². The average Bonchev–Trinajstić information content (AvgIpc) is 2.40. The molecule has 2 aliphatic carbocycles. The van der Waals surface area contributed by atoms with Crippen LogP contribution in [0.3, 0.4) is 0 Å². The lowest BCUT2D eigenvalue weighted by Crippen LogP contribution is -2.44. The van der Waals surface area contributed by atoms with Gasteiger partial charge in [0.1, 0.15) is 0 Å². The molecule has 0 nitrogen and oxygen atoms in total. The number of rotatable bonds is 4. The van der Waals surface area contributed by atoms with Gasteiger partial charge in [-0.1, -0.05) is 79.1 Å². The van der Waals surface area contributed by atoms with Crippen LogP contribution in [0.2, 0.25) is 0 Å². The first-order valence-electron chi connectivity index (χ1n) is 9.08. The molecule has 0 aromatic rings. The van der Waals surface area contributed by atoms with Gasteiger partial charge in [0.05, 0.1) is 0 Å². The van der Waals surface area contributed by atoms with Crippen LogP contribution in [0.4, 0.5) is 0 Å². The van der Waals surface area contributed by atoms with E-state index in [4.69, 9.17) is 0 Å². The summed E-state index contributed by atoms with van der Waals surface area (Å²) in [6.45, 7) is 10.1. The zero-order chi connectivity index (χ0) is 13.9. The molecule has 0 heterocycles. The van der Waals surface area contributed by atoms with Gasteiger partial charge in [-0.2, -0.15) is 0 Å². The molecule has 112 valence electrons. The third-order valence-corrected chi connectivity index (χ3v) is 6.47. The third kappa shape index (κ3) is 3.19. The molecule has 0 bridgehead atoms. The summed E-state index contributed by atoms with van der Waals surface area (Å²) in [5, 5.41) is 0. The van der Waals surface area contributed by atoms with Crippen LogP contribution < -0.4 is 0 Å². The van der Waals surface area contributed by atoms with E-state index in [9.17, 15) is 0 Å². The van der Waals surface area contributed by atoms with E-state index >= 15 is 0 Å². The van der Waals surface area contributed by atoms with E-state index in [1.165, 1.54) is 64.2 Å². The summed E-state index contributed by atoms with van der Waals surface area (Å²) in [7, 11) is 0. The van der Waals surface area contributed by atoms with Gasteiger partial charge in [-0.25, -0.2) is 0 Å². The summed E-state index contributed by atoms with van der Waals surface area (Å²) in [6, 6.07) is 0. The maximum atomic E-state index is 2.52. The van der Waals surface area contributed by atoms with Gasteiger partial charge >= 0.3 is 0 Å². The Morgan fingerprint density at radius 1 is 0.737 bits per heavy atom. The molecule has 0 aromatic carbocycles. The van der Waals surface area contributed by atoms with Gasteiger partial charge in [-0.15, -0.1) is 0 Å². The second kappa shape index (κ2) is 6.64. The molecule has 0 spiro atoms. The van der Waals surface area contributed by atoms with Crippen molar-refractivity contribution in [3.8, 4) is 0 Å². The van der Waals surface area contributed by atoms with Gasteiger partial charge < -0.3 is 0 Å². The average molecular weight is 264 g/mol. The third-order valence-electron chi connectivity index (χ3n) is 6.47. The molecule has 0 heteroatoms. The minimum atomic E-state index is 0.675. The van der Waals surface area contributed by atoms with Crippen molar-refractivity contribution in [1.29, 1.82) is 0 Å². The Morgan fingerprint density at radius 2 is 1.26 bits per heavy atom. The number of hydrogen-bond acceptors (Lipinski definition) is 0. The molecule has 2 aliphatic rings. The van der Waals surface area contributed by atoms with Crippen molar-refractivity contribution >= 4 is 0 Å². The van der Waals surface area contributed by atoms with E-state index in [2.05, 4.69) is 27.7 Å². The van der Waals surface area contributed by atoms with Crippen molar-refractivity contribution in [2.24, 2.45) is 29.1 Å². The van der Waals surface area contributed by atoms with E-state index in [-0.39, 0.29) is 0 Å². The number of hydrogen-bond donors (Lipinski definition) is 0. The second-order valence-electron chi connectivity index (χ2n) is 8.12. The lowest BCUT2D eigenvalue weighted by molar-refractivity contribution is -0.0307. The Labute approximate surface area is 121 Å². The molecule has 19 heavy (non-hydrogen) atoms. The summed E-state index contributed by atoms with van der Waals surface area (Å²) < 4.78 is 0. The highest BCUT2D eigenvalue weighted by atomic mass is 14.5. The summed E-state index contributed by atoms with van der Waals surface area (Å²) in [6.07, 6.45) is 15.1. The molecule has 2 saturated carbocycles. The van der Waals surface area contributed by atoms with Crippen LogP contribution in [0, 0.1) is 29.1 Å². The predicted octanol–water partition coefficient (Wildman–Crippen LogP) is 6.45. The van der Waals surface area contributed by atoms with Crippen molar-refractivity contribution in [2.75, 3.05) is 0 Å². The molecular weight excluding hydrogens is 228 g/mol. The van der Waals surface area contributed by atoms with Crippen molar-refractivity contribution < 1.29 is 0 Å². The zero-order valence-electron chi connectivity index (χ0n) is 13.9. The van der Waals surface area contributed by atoms with E-state index in [1.54, 1.807) is 0 Å². The fourth-order valence-corrected chi connectivity index (χ4v) is 5.68. The second-order valence-corrected chi connectivity index (χ2v) is 8.12. The predicted molar refractivity (Wildman–Crippen MR) is 85.3 cm³/mol. The first-order valence-corrected chi connectivity index (χ1v) is 9.08. The van der Waals surface area contributed by atoms with E-state index in [0.29, 0.717) is 5.41 Å². The van der Waals surface area contributed by atoms with Gasteiger partial charge in [-0.05, 0) is 41.9 Å². The van der Waals surface area contributed by atoms with Gasteiger partial charge in [0.15, 0.2) is 0 Å². The van der Waals surface area contributed by atoms with Crippen LogP contribution in [-0.4, -0.2) is 0 Å². The van der Waals surface area contributed by atoms with Crippen LogP contribution in [0.1, 0.15) is 91.9 Å². The van der Waals surface area contributed by atoms with Crippen molar-refractivity contribution in [3.05, 3.63) is 0 Å². The Morgan fingerprint density at radius 3 is 1.74 bits per heavy atom. The quantitative estimate of drug-likeness (QED) is 0.547. The Kier molecular flexibility index (Phi) is 5.37. The molecule has 2 rings (SSSR count). The summed E-state index contributed by atoms with van der Waals surface area (Å²) >= 11 is 0. The van der Waals surface area contributed by atoms with Crippen molar-refractivity contribution in [3.63, 3.8) is 0 Å². The molecular formula is C19H36. The minimum Gasteiger partial charge on any atom is -0.0625 e. The highest BCUT2D eigenvalue weighted by Crippen LogP contribution is 2.55. The molecule has 0 aromatic heterocycles. The standard InChI is InChI=1S/C19H36/c1-15(2)18(17-11-7-5-8-12-17)19(16(3)4)13-9-6-10-14-19/h15-18H,5-14H2,1-4H3. The van der Waals surface area contributed by atoms with E-state index in [0.717, 1.165) is 23.7 Å². The van der Waals surface area contributed by atoms with Crippen LogP contribution in [0.5, 0.6) is 0 Å². The lowest BCUT2D eigenvalue weighted by atomic mass is 9.53. The fourth-order valence-electron chi connectivity index (χ4n) is 5.68. The molecule has 1 unspecified atom stereocenters. The van der Waals surface area contributed by atoms with Crippen LogP contribution >= 0.6 is 0 Å². The maximum absolute atomic E-state index is 2.52. The topological polar surface area (TPSA) is 0 Å². The monoisotopic (exact) mass is 264 g/mol. The minimum absolute atomic E-state index is 0.675. The highest BCUT2D eigenvalue weighted by molar-refractivity contribution is 4.96. The van der Waals surface area contributed by atoms with Crippen LogP contribution in [0.25, 0.3) is 0 Å². The molecule has 0 radical (unpaired) electrons. The highest BCUT2D eigenvalue weighted by Gasteiger charge is 2.46. The molecule has 0 aliphatic heterocycles. The van der Waals surface area contributed by atoms with Gasteiger partial charge in [-0.3, -0.25) is 0 Å². The Balaban J connectivity index is 2.22. The summed E-state index contributed by atoms with van der Waals surface area (Å²) in [5.41, 5.74) is 0.675. The molecule has 2 fully saturated rings. The van der Waals surface area contributed by atoms with Gasteiger partial charge in [0.25, 0.3) is 0 Å². The smallest absolute Gasteiger partial charge is 0.0241 e. The fraction of sp³-hybridized carbons (Fsp3) is 1.00. The van der Waals surface area contributed by atoms with Crippen LogP contribution in [0.15, 0.2) is 0 Å². The van der Waals surface area contributed by atoms with Gasteiger partial charge in [0.2, 0.25) is 0 Å². The Hall–Kier alpha value is 0. The molecule has 0 N–H and O–H groups in total. The molecule has 0 amide bonds. The lowest BCUT2D eigenvalue weighted by Gasteiger charge is -2.52. The summed E-state index contributed by atoms with van der Waals surface area (Å²) in [4.78, 5) is 0. The molecule has 0 saturated heterocycles. The zero-order valence-corrected chi connectivity index (χ0v) is 13.9. The van der Waals surface area contributed by atoms with E-state index < -0.39 is 0 Å². The van der Waals surface area contributed by atoms with Crippen molar-refractivity contribution in [1.82, 2.24) is 0 Å². The van der Waals surface area contributed by atoms with Crippen molar-refractivity contribution in [2.45, 2.75) is 91.9 Å². The first-order chi connectivity index (χ1) is 9.08. The van der Waals surface area contributed by atoms with Gasteiger partial charge in [0, 0.05) is 0 Å². The molecule has 1 atom stereocenters. The SMILES string of the molecule is CC(C)C(C1CCCCC1)C1(C(C)C)CCCCC1.